The van der Waals surface area contributed by atoms with Crippen LogP contribution in [0.5, 0.6) is 0 Å². The van der Waals surface area contributed by atoms with Gasteiger partial charge < -0.3 is 20.3 Å². The lowest BCUT2D eigenvalue weighted by atomic mass is 9.99. The Kier molecular flexibility index (Phi) is 12.8. The third kappa shape index (κ3) is 10.9. The first-order chi connectivity index (χ1) is 20.6. The molecule has 0 radical (unpaired) electrons. The lowest BCUT2D eigenvalue weighted by Gasteiger charge is -2.35. The molecular formula is C36H47N3O4. The number of carbonyl (C=O) groups is 3. The molecule has 7 nitrogen and oxygen atoms in total. The van der Waals surface area contributed by atoms with Gasteiger partial charge in [0.2, 0.25) is 5.91 Å². The molecular weight excluding hydrogens is 538 g/mol. The first-order valence-corrected chi connectivity index (χ1v) is 15.3. The van der Waals surface area contributed by atoms with Gasteiger partial charge in [-0.15, -0.1) is 0 Å². The molecule has 7 heteroatoms. The molecule has 0 spiro atoms. The number of unbranched alkanes of at least 4 members (excludes halogenated alkanes) is 4. The van der Waals surface area contributed by atoms with E-state index >= 15 is 0 Å². The van der Waals surface area contributed by atoms with Gasteiger partial charge in [0.15, 0.2) is 0 Å². The molecule has 3 rings (SSSR count). The maximum atomic E-state index is 14.6. The van der Waals surface area contributed by atoms with E-state index < -0.39 is 23.8 Å². The van der Waals surface area contributed by atoms with E-state index in [0.717, 1.165) is 43.2 Å². The smallest absolute Gasteiger partial charge is 0.408 e. The fraction of sp³-hybridized carbons (Fsp3) is 0.417. The van der Waals surface area contributed by atoms with Gasteiger partial charge in [-0.1, -0.05) is 111 Å². The normalized spacial score (nSPS) is 12.6. The Morgan fingerprint density at radius 3 is 2.05 bits per heavy atom. The van der Waals surface area contributed by atoms with Gasteiger partial charge in [0.1, 0.15) is 17.7 Å². The lowest BCUT2D eigenvalue weighted by molar-refractivity contribution is -0.140. The second-order valence-corrected chi connectivity index (χ2v) is 12.0. The maximum Gasteiger partial charge on any atom is 0.408 e. The molecule has 3 amide bonds. The van der Waals surface area contributed by atoms with Crippen LogP contribution < -0.4 is 10.6 Å². The van der Waals surface area contributed by atoms with E-state index in [9.17, 15) is 14.4 Å². The molecule has 0 heterocycles. The van der Waals surface area contributed by atoms with E-state index in [4.69, 9.17) is 4.74 Å². The van der Waals surface area contributed by atoms with Crippen LogP contribution in [0, 0.1) is 6.92 Å². The summed E-state index contributed by atoms with van der Waals surface area (Å²) < 4.78 is 5.55. The first kappa shape index (κ1) is 33.4. The van der Waals surface area contributed by atoms with Gasteiger partial charge in [0.25, 0.3) is 5.91 Å². The van der Waals surface area contributed by atoms with E-state index in [1.807, 2.05) is 91.9 Å². The molecule has 0 saturated carbocycles. The van der Waals surface area contributed by atoms with Crippen LogP contribution in [0.4, 0.5) is 10.5 Å². The molecule has 2 atom stereocenters. The van der Waals surface area contributed by atoms with Crippen LogP contribution in [-0.4, -0.2) is 41.0 Å². The summed E-state index contributed by atoms with van der Waals surface area (Å²) in [5.74, 6) is -0.642. The summed E-state index contributed by atoms with van der Waals surface area (Å²) in [6.07, 6.45) is 4.51. The van der Waals surface area contributed by atoms with Crippen molar-refractivity contribution in [3.05, 3.63) is 102 Å². The number of nitrogens with zero attached hydrogens (tertiary/aromatic N) is 1. The molecule has 0 bridgehead atoms. The minimum atomic E-state index is -0.939. The summed E-state index contributed by atoms with van der Waals surface area (Å²) in [6.45, 7) is 9.81. The summed E-state index contributed by atoms with van der Waals surface area (Å²) in [5, 5.41) is 5.90. The predicted octanol–water partition coefficient (Wildman–Crippen LogP) is 7.61. The number of rotatable bonds is 14. The van der Waals surface area contributed by atoms with Crippen LogP contribution in [0.25, 0.3) is 0 Å². The molecule has 3 aromatic carbocycles. The highest BCUT2D eigenvalue weighted by Crippen LogP contribution is 2.26. The molecule has 0 aromatic heterocycles. The highest BCUT2D eigenvalue weighted by molar-refractivity contribution is 5.99. The van der Waals surface area contributed by atoms with Gasteiger partial charge in [-0.2, -0.15) is 0 Å². The zero-order valence-electron chi connectivity index (χ0n) is 26.3. The van der Waals surface area contributed by atoms with Gasteiger partial charge in [-0.3, -0.25) is 9.59 Å². The van der Waals surface area contributed by atoms with E-state index in [-0.39, 0.29) is 18.2 Å². The van der Waals surface area contributed by atoms with Crippen molar-refractivity contribution in [2.24, 2.45) is 0 Å². The van der Waals surface area contributed by atoms with Gasteiger partial charge in [-0.25, -0.2) is 4.79 Å². The van der Waals surface area contributed by atoms with Gasteiger partial charge in [0.05, 0.1) is 0 Å². The number of hydrogen-bond acceptors (Lipinski definition) is 4. The largest absolute Gasteiger partial charge is 0.444 e. The summed E-state index contributed by atoms with van der Waals surface area (Å²) in [7, 11) is 0. The van der Waals surface area contributed by atoms with Crippen molar-refractivity contribution in [1.29, 1.82) is 0 Å². The van der Waals surface area contributed by atoms with Crippen molar-refractivity contribution in [2.45, 2.75) is 90.8 Å². The molecule has 0 saturated heterocycles. The number of amides is 3. The summed E-state index contributed by atoms with van der Waals surface area (Å²) >= 11 is 0. The highest BCUT2D eigenvalue weighted by Gasteiger charge is 2.36. The SMILES string of the molecule is CCCCCCCN(C(=O)C(Cc1ccccc1)NC(=O)OC(C)(C)C)C(C(=O)Nc1ccccc1C)c1ccccc1. The number of nitrogens with one attached hydrogen (secondary N) is 2. The monoisotopic (exact) mass is 585 g/mol. The lowest BCUT2D eigenvalue weighted by Crippen LogP contribution is -2.53. The fourth-order valence-corrected chi connectivity index (χ4v) is 4.97. The van der Waals surface area contributed by atoms with E-state index in [1.54, 1.807) is 25.7 Å². The van der Waals surface area contributed by atoms with Gasteiger partial charge in [-0.05, 0) is 56.9 Å². The quantitative estimate of drug-likeness (QED) is 0.191. The van der Waals surface area contributed by atoms with Crippen molar-refractivity contribution in [1.82, 2.24) is 10.2 Å². The van der Waals surface area contributed by atoms with Gasteiger partial charge in [0, 0.05) is 18.7 Å². The number of anilines is 1. The predicted molar refractivity (Wildman–Crippen MR) is 173 cm³/mol. The second kappa shape index (κ2) is 16.5. The topological polar surface area (TPSA) is 87.7 Å². The van der Waals surface area contributed by atoms with Crippen LogP contribution in [0.1, 0.15) is 82.5 Å². The summed E-state index contributed by atoms with van der Waals surface area (Å²) in [5.41, 5.74) is 2.47. The highest BCUT2D eigenvalue weighted by atomic mass is 16.6. The minimum Gasteiger partial charge on any atom is -0.444 e. The maximum absolute atomic E-state index is 14.6. The molecule has 43 heavy (non-hydrogen) atoms. The molecule has 0 fully saturated rings. The zero-order chi connectivity index (χ0) is 31.2. The number of benzene rings is 3. The Morgan fingerprint density at radius 2 is 1.42 bits per heavy atom. The van der Waals surface area contributed by atoms with Crippen molar-refractivity contribution in [2.75, 3.05) is 11.9 Å². The number of hydrogen-bond donors (Lipinski definition) is 2. The van der Waals surface area contributed by atoms with Crippen molar-refractivity contribution >= 4 is 23.6 Å². The van der Waals surface area contributed by atoms with E-state index in [0.29, 0.717) is 17.8 Å². The number of carbonyl (C=O) groups excluding carboxylic acids is 3. The van der Waals surface area contributed by atoms with E-state index in [2.05, 4.69) is 17.6 Å². The molecule has 230 valence electrons. The third-order valence-corrected chi connectivity index (χ3v) is 7.14. The second-order valence-electron chi connectivity index (χ2n) is 12.0. The Balaban J connectivity index is 2.02. The number of alkyl carbamates (subject to hydrolysis) is 1. The van der Waals surface area contributed by atoms with Crippen LogP contribution in [0.2, 0.25) is 0 Å². The number of para-hydroxylation sites is 1. The minimum absolute atomic E-state index is 0.256. The molecule has 0 aliphatic heterocycles. The van der Waals surface area contributed by atoms with Crippen LogP contribution in [-0.2, 0) is 20.7 Å². The number of aryl methyl sites for hydroxylation is 1. The van der Waals surface area contributed by atoms with Crippen molar-refractivity contribution < 1.29 is 19.1 Å². The molecule has 3 aromatic rings. The molecule has 2 unspecified atom stereocenters. The Bertz CT molecular complexity index is 1300. The van der Waals surface area contributed by atoms with Crippen molar-refractivity contribution in [3.63, 3.8) is 0 Å². The van der Waals surface area contributed by atoms with E-state index in [1.165, 1.54) is 0 Å². The fourth-order valence-electron chi connectivity index (χ4n) is 4.97. The number of ether oxygens (including phenoxy) is 1. The summed E-state index contributed by atoms with van der Waals surface area (Å²) in [6, 6.07) is 24.7. The van der Waals surface area contributed by atoms with Gasteiger partial charge >= 0.3 is 6.09 Å². The van der Waals surface area contributed by atoms with Crippen LogP contribution >= 0.6 is 0 Å². The Morgan fingerprint density at radius 1 is 0.814 bits per heavy atom. The molecule has 0 aliphatic carbocycles. The zero-order valence-corrected chi connectivity index (χ0v) is 26.3. The van der Waals surface area contributed by atoms with Crippen LogP contribution in [0.15, 0.2) is 84.9 Å². The van der Waals surface area contributed by atoms with Crippen molar-refractivity contribution in [3.8, 4) is 0 Å². The molecule has 2 N–H and O–H groups in total. The molecule has 0 aliphatic rings. The third-order valence-electron chi connectivity index (χ3n) is 7.14. The Hall–Kier alpha value is -4.13. The van der Waals surface area contributed by atoms with Crippen LogP contribution in [0.3, 0.4) is 0 Å². The average Bonchev–Trinajstić information content (AvgIpc) is 2.97. The standard InChI is InChI=1S/C36H47N3O4/c1-6-7-8-9-18-25-39(32(29-22-14-11-15-23-29)33(40)37-30-24-17-16-19-27(30)2)34(41)31(26-28-20-12-10-13-21-28)38-35(42)43-36(3,4)5/h10-17,19-24,31-32H,6-9,18,25-26H2,1-5H3,(H,37,40)(H,38,42). The summed E-state index contributed by atoms with van der Waals surface area (Å²) in [4.78, 5) is 43.3. The Labute approximate surface area is 257 Å². The first-order valence-electron chi connectivity index (χ1n) is 15.3. The average molecular weight is 586 g/mol.